The van der Waals surface area contributed by atoms with Gasteiger partial charge in [-0.05, 0) is 97.8 Å². The highest BCUT2D eigenvalue weighted by Crippen LogP contribution is 2.41. The Balaban J connectivity index is 1.15. The quantitative estimate of drug-likeness (QED) is 0.0169. The topological polar surface area (TPSA) is 375 Å². The van der Waals surface area contributed by atoms with E-state index in [1.807, 2.05) is 12.1 Å². The van der Waals surface area contributed by atoms with Gasteiger partial charge >= 0.3 is 17.9 Å². The fraction of sp³-hybridized carbons (Fsp3) is 0.396. The number of nitrogens with one attached hydrogen (secondary N) is 3. The first-order valence-electron chi connectivity index (χ1n) is 25.6. The minimum Gasteiger partial charge on any atom is -0.505 e. The Morgan fingerprint density at radius 2 is 1.18 bits per heavy atom. The molecule has 0 aliphatic carbocycles. The highest BCUT2D eigenvalue weighted by atomic mass is 32.2. The van der Waals surface area contributed by atoms with Crippen LogP contribution in [-0.4, -0.2) is 203 Å². The molecule has 2 aliphatic heterocycles. The van der Waals surface area contributed by atoms with Crippen molar-refractivity contribution in [3.8, 4) is 16.9 Å². The number of hydrogen-bond acceptors (Lipinski definition) is 18. The highest BCUT2D eigenvalue weighted by Gasteiger charge is 2.27. The number of amides is 5. The minimum absolute atomic E-state index is 0.00206. The number of phenolic OH excluding ortho intramolecular Hbond substituents is 1. The molecule has 4 aromatic rings. The van der Waals surface area contributed by atoms with E-state index in [1.54, 1.807) is 57.7 Å². The maximum absolute atomic E-state index is 14.2. The molecule has 80 heavy (non-hydrogen) atoms. The zero-order chi connectivity index (χ0) is 58.3. The molecule has 0 aromatic heterocycles. The van der Waals surface area contributed by atoms with Crippen LogP contribution < -0.4 is 21.7 Å². The first kappa shape index (κ1) is 61.0. The molecule has 4 aromatic carbocycles. The summed E-state index contributed by atoms with van der Waals surface area (Å²) >= 11 is 0. The lowest BCUT2D eigenvalue weighted by Crippen LogP contribution is -2.51. The number of carbonyl (C=O) groups is 8. The molecule has 6 rings (SSSR count). The second-order valence-electron chi connectivity index (χ2n) is 19.4. The number of benzene rings is 4. The van der Waals surface area contributed by atoms with Crippen molar-refractivity contribution in [2.75, 3.05) is 103 Å². The molecule has 0 spiro atoms. The van der Waals surface area contributed by atoms with Crippen molar-refractivity contribution in [3.63, 3.8) is 0 Å². The number of hydrogen-bond donors (Lipinski definition) is 9. The fourth-order valence-corrected chi connectivity index (χ4v) is 9.82. The van der Waals surface area contributed by atoms with E-state index in [4.69, 9.17) is 5.73 Å². The molecule has 2 aliphatic rings. The van der Waals surface area contributed by atoms with Crippen LogP contribution in [0, 0.1) is 13.8 Å². The average Bonchev–Trinajstić information content (AvgIpc) is 3.77. The fourth-order valence-electron chi connectivity index (χ4n) is 9.13. The van der Waals surface area contributed by atoms with Crippen molar-refractivity contribution in [2.45, 2.75) is 50.5 Å². The molecule has 428 valence electrons. The van der Waals surface area contributed by atoms with E-state index in [1.165, 1.54) is 18.2 Å². The zero-order valence-corrected chi connectivity index (χ0v) is 45.0. The zero-order valence-electron chi connectivity index (χ0n) is 44.2. The van der Waals surface area contributed by atoms with Crippen LogP contribution in [0.1, 0.15) is 36.8 Å². The van der Waals surface area contributed by atoms with Gasteiger partial charge in [0.05, 0.1) is 37.3 Å². The predicted molar refractivity (Wildman–Crippen MR) is 292 cm³/mol. The second-order valence-corrected chi connectivity index (χ2v) is 20.8. The molecule has 1 saturated heterocycles. The van der Waals surface area contributed by atoms with Crippen LogP contribution in [0.4, 0.5) is 22.7 Å². The van der Waals surface area contributed by atoms with Crippen molar-refractivity contribution < 1.29 is 71.8 Å². The number of carboxylic acids is 3. The van der Waals surface area contributed by atoms with Gasteiger partial charge in [-0.2, -0.15) is 13.5 Å². The van der Waals surface area contributed by atoms with Crippen molar-refractivity contribution in [3.05, 3.63) is 83.9 Å². The number of unbranched alkanes of at least 4 members (excludes halogenated alkanes) is 1. The molecule has 5 amide bonds. The monoisotopic (exact) mass is 1130 g/mol. The Labute approximate surface area is 460 Å². The third-order valence-electron chi connectivity index (χ3n) is 13.4. The molecule has 27 heteroatoms. The summed E-state index contributed by atoms with van der Waals surface area (Å²) in [5.74, 6) is -6.22. The van der Waals surface area contributed by atoms with E-state index in [0.717, 1.165) is 34.2 Å². The Morgan fingerprint density at radius 1 is 0.662 bits per heavy atom. The molecule has 0 unspecified atom stereocenters. The van der Waals surface area contributed by atoms with Crippen LogP contribution in [0.5, 0.6) is 5.75 Å². The summed E-state index contributed by atoms with van der Waals surface area (Å²) in [6.07, 6.45) is 3.02. The van der Waals surface area contributed by atoms with E-state index < -0.39 is 74.2 Å². The van der Waals surface area contributed by atoms with Crippen molar-refractivity contribution in [2.24, 2.45) is 10.2 Å². The summed E-state index contributed by atoms with van der Waals surface area (Å²) in [4.78, 5) is 107. The molecule has 0 radical (unpaired) electrons. The first-order valence-corrected chi connectivity index (χ1v) is 27.0. The first-order chi connectivity index (χ1) is 37.9. The Morgan fingerprint density at radius 3 is 1.70 bits per heavy atom. The number of aromatic hydroxyl groups is 1. The SMILES string of the molecule is Cc1cc(-c2ccc(NC(=O)[C@@H](CCCCNC(=O)CCN3C(=O)C=CC3=O)NC(=O)CN3CCN(CC(=O)O)CCN(CC(=O)O)CCN(CC(=O)O)CC3)c(C)c2)ccc1N=Nc1ccc2c(S(=O)(=O)O)ccc(N)c2c1O. The molecule has 1 atom stereocenters. The van der Waals surface area contributed by atoms with Crippen LogP contribution in [0.25, 0.3) is 21.9 Å². The maximum atomic E-state index is 14.2. The van der Waals surface area contributed by atoms with Gasteiger partial charge in [-0.15, -0.1) is 5.11 Å². The molecular weight excluding hydrogens is 1060 g/mol. The van der Waals surface area contributed by atoms with E-state index in [2.05, 4.69) is 26.2 Å². The minimum atomic E-state index is -4.63. The molecule has 26 nitrogen and oxygen atoms in total. The number of nitrogens with two attached hydrogens (primary N) is 1. The Hall–Kier alpha value is -8.21. The Kier molecular flexibility index (Phi) is 21.4. The summed E-state index contributed by atoms with van der Waals surface area (Å²) in [7, 11) is -4.63. The summed E-state index contributed by atoms with van der Waals surface area (Å²) < 4.78 is 33.6. The maximum Gasteiger partial charge on any atom is 0.317 e. The van der Waals surface area contributed by atoms with E-state index >= 15 is 0 Å². The number of rotatable bonds is 23. The lowest BCUT2D eigenvalue weighted by atomic mass is 10.00. The summed E-state index contributed by atoms with van der Waals surface area (Å²) in [6.45, 7) is 3.84. The normalized spacial score (nSPS) is 15.9. The van der Waals surface area contributed by atoms with Crippen LogP contribution in [0.2, 0.25) is 0 Å². The van der Waals surface area contributed by atoms with Gasteiger partial charge < -0.3 is 42.1 Å². The van der Waals surface area contributed by atoms with E-state index in [0.29, 0.717) is 35.3 Å². The van der Waals surface area contributed by atoms with Gasteiger partial charge in [0.25, 0.3) is 21.9 Å². The lowest BCUT2D eigenvalue weighted by molar-refractivity contribution is -0.140. The number of carboxylic acid groups (broad SMARTS) is 3. The predicted octanol–water partition coefficient (Wildman–Crippen LogP) is 2.57. The highest BCUT2D eigenvalue weighted by molar-refractivity contribution is 7.86. The summed E-state index contributed by atoms with van der Waals surface area (Å²) in [5.41, 5.74) is 9.94. The summed E-state index contributed by atoms with van der Waals surface area (Å²) in [6, 6.07) is 14.7. The lowest BCUT2D eigenvalue weighted by Gasteiger charge is -2.33. The standard InChI is InChI=1S/C53H65N11O15S/c1-33-27-35(36-7-11-40(34(2)28-36)58-59-41-12-8-37-43(80(77,78)79)13-9-38(54)51(37)52(41)75)6-10-39(33)57-53(76)42(5-3-4-17-55-44(65)16-18-64-46(67)14-15-47(64)68)56-45(66)29-60-19-21-61(30-48(69)70)23-25-63(32-50(73)74)26-24-62(22-20-60)31-49(71)72/h6-15,27-28,42,75H,3-5,16-26,29-32,54H2,1-2H3,(H,55,65)(H,56,66)(H,57,76)(H,69,70)(H,71,72)(H,73,74)(H,77,78,79)/t42-/m1/s1. The van der Waals surface area contributed by atoms with E-state index in [-0.39, 0.29) is 127 Å². The largest absolute Gasteiger partial charge is 0.505 e. The van der Waals surface area contributed by atoms with Gasteiger partial charge in [0.15, 0.2) is 5.75 Å². The van der Waals surface area contributed by atoms with Gasteiger partial charge in [-0.25, -0.2) is 0 Å². The number of aryl methyl sites for hydroxylation is 2. The Bertz CT molecular complexity index is 3140. The van der Waals surface area contributed by atoms with Gasteiger partial charge in [0, 0.05) is 101 Å². The van der Waals surface area contributed by atoms with Gasteiger partial charge in [-0.1, -0.05) is 18.2 Å². The number of phenols is 1. The molecule has 0 bridgehead atoms. The van der Waals surface area contributed by atoms with Crippen LogP contribution in [0.3, 0.4) is 0 Å². The van der Waals surface area contributed by atoms with Crippen LogP contribution in [-0.2, 0) is 48.5 Å². The van der Waals surface area contributed by atoms with Gasteiger partial charge in [0.2, 0.25) is 17.7 Å². The van der Waals surface area contributed by atoms with E-state index in [9.17, 15) is 71.8 Å². The molecular formula is C53H65N11O15S. The third kappa shape index (κ3) is 17.6. The number of aliphatic carboxylic acids is 3. The number of carbonyl (C=O) groups excluding carboxylic acids is 5. The van der Waals surface area contributed by atoms with Crippen LogP contribution >= 0.6 is 0 Å². The van der Waals surface area contributed by atoms with Crippen molar-refractivity contribution in [1.29, 1.82) is 0 Å². The molecule has 0 saturated carbocycles. The number of nitrogens with zero attached hydrogens (tertiary/aromatic N) is 7. The smallest absolute Gasteiger partial charge is 0.317 e. The third-order valence-corrected chi connectivity index (χ3v) is 14.3. The van der Waals surface area contributed by atoms with Crippen molar-refractivity contribution >= 4 is 91.1 Å². The molecule has 1 fully saturated rings. The van der Waals surface area contributed by atoms with Gasteiger partial charge in [-0.3, -0.25) is 67.4 Å². The molecule has 2 heterocycles. The molecule has 10 N–H and O–H groups in total. The summed E-state index contributed by atoms with van der Waals surface area (Å²) in [5, 5.41) is 56.9. The number of azo groups is 1. The van der Waals surface area contributed by atoms with Crippen LogP contribution in [0.15, 0.2) is 87.9 Å². The average molecular weight is 1130 g/mol. The number of nitrogen functional groups attached to an aromatic ring is 1. The van der Waals surface area contributed by atoms with Crippen molar-refractivity contribution in [1.82, 2.24) is 35.1 Å². The number of imide groups is 1. The number of fused-ring (bicyclic) bond motifs is 1. The van der Waals surface area contributed by atoms with Gasteiger partial charge in [0.1, 0.15) is 16.6 Å². The second kappa shape index (κ2) is 28.1. The number of anilines is 2.